The molecule has 0 spiro atoms. The number of amides is 1. The summed E-state index contributed by atoms with van der Waals surface area (Å²) in [6.07, 6.45) is 2.98. The van der Waals surface area contributed by atoms with E-state index >= 15 is 0 Å². The lowest BCUT2D eigenvalue weighted by atomic mass is 10.2. The molecule has 1 amide bonds. The van der Waals surface area contributed by atoms with Crippen LogP contribution in [-0.2, 0) is 4.79 Å². The van der Waals surface area contributed by atoms with Crippen LogP contribution in [0.3, 0.4) is 0 Å². The van der Waals surface area contributed by atoms with Crippen LogP contribution in [0.2, 0.25) is 0 Å². The molecule has 1 aliphatic heterocycles. The fourth-order valence-electron chi connectivity index (χ4n) is 2.32. The van der Waals surface area contributed by atoms with Crippen molar-refractivity contribution in [2.45, 2.75) is 28.9 Å². The Kier molecular flexibility index (Phi) is 5.35. The van der Waals surface area contributed by atoms with Gasteiger partial charge in [-0.05, 0) is 25.0 Å². The average molecular weight is 350 g/mol. The van der Waals surface area contributed by atoms with Crippen molar-refractivity contribution in [3.8, 4) is 5.75 Å². The van der Waals surface area contributed by atoms with E-state index in [1.54, 1.807) is 7.11 Å². The minimum Gasteiger partial charge on any atom is -0.495 e. The van der Waals surface area contributed by atoms with Gasteiger partial charge in [0.25, 0.3) is 0 Å². The van der Waals surface area contributed by atoms with Crippen LogP contribution in [0.15, 0.2) is 28.6 Å². The molecule has 1 saturated heterocycles. The SMILES string of the molecule is COc1ccccc1Nc1nnc(S[C@H]2CCCCNC2=O)s1. The Morgan fingerprint density at radius 3 is 3.09 bits per heavy atom. The lowest BCUT2D eigenvalue weighted by Gasteiger charge is -2.09. The quantitative estimate of drug-likeness (QED) is 0.863. The first kappa shape index (κ1) is 16.1. The minimum atomic E-state index is -0.0791. The summed E-state index contributed by atoms with van der Waals surface area (Å²) in [5, 5.41) is 15.1. The van der Waals surface area contributed by atoms with E-state index in [1.165, 1.54) is 23.1 Å². The van der Waals surface area contributed by atoms with Crippen LogP contribution in [-0.4, -0.2) is 35.0 Å². The second-order valence-corrected chi connectivity index (χ2v) is 7.52. The van der Waals surface area contributed by atoms with Gasteiger partial charge in [-0.2, -0.15) is 0 Å². The Bertz CT molecular complexity index is 677. The number of hydrogen-bond acceptors (Lipinski definition) is 7. The van der Waals surface area contributed by atoms with Gasteiger partial charge in [0.1, 0.15) is 5.75 Å². The van der Waals surface area contributed by atoms with Gasteiger partial charge in [-0.1, -0.05) is 41.7 Å². The second kappa shape index (κ2) is 7.65. The third-order valence-corrected chi connectivity index (χ3v) is 5.67. The molecule has 2 N–H and O–H groups in total. The number of para-hydroxylation sites is 2. The normalized spacial score (nSPS) is 18.1. The van der Waals surface area contributed by atoms with Gasteiger partial charge in [0.05, 0.1) is 18.0 Å². The number of methoxy groups -OCH3 is 1. The van der Waals surface area contributed by atoms with Gasteiger partial charge in [0, 0.05) is 6.54 Å². The van der Waals surface area contributed by atoms with E-state index in [0.717, 1.165) is 41.6 Å². The number of nitrogens with zero attached hydrogens (tertiary/aromatic N) is 2. The maximum absolute atomic E-state index is 12.0. The summed E-state index contributed by atoms with van der Waals surface area (Å²) in [5.74, 6) is 0.849. The molecule has 1 aromatic carbocycles. The van der Waals surface area contributed by atoms with Gasteiger partial charge in [0.15, 0.2) is 4.34 Å². The Hall–Kier alpha value is -1.80. The highest BCUT2D eigenvalue weighted by atomic mass is 32.2. The Balaban J connectivity index is 1.67. The number of aromatic nitrogens is 2. The molecule has 0 saturated carbocycles. The predicted octanol–water partition coefficient (Wildman–Crippen LogP) is 3.05. The smallest absolute Gasteiger partial charge is 0.233 e. The van der Waals surface area contributed by atoms with Gasteiger partial charge >= 0.3 is 0 Å². The standard InChI is InChI=1S/C15H18N4O2S2/c1-21-11-7-3-2-6-10(11)17-14-18-19-15(23-14)22-12-8-4-5-9-16-13(12)20/h2-3,6-7,12H,4-5,8-9H2,1H3,(H,16,20)(H,17,18)/t12-/m0/s1. The minimum absolute atomic E-state index is 0.0791. The van der Waals surface area contributed by atoms with Gasteiger partial charge in [0.2, 0.25) is 11.0 Å². The topological polar surface area (TPSA) is 76.1 Å². The molecule has 0 aliphatic carbocycles. The molecule has 8 heteroatoms. The van der Waals surface area contributed by atoms with Crippen LogP contribution in [0.4, 0.5) is 10.8 Å². The van der Waals surface area contributed by atoms with E-state index in [4.69, 9.17) is 4.74 Å². The fraction of sp³-hybridized carbons (Fsp3) is 0.400. The molecule has 1 aliphatic rings. The molecular formula is C15H18N4O2S2. The molecule has 0 unspecified atom stereocenters. The zero-order chi connectivity index (χ0) is 16.1. The van der Waals surface area contributed by atoms with Crippen molar-refractivity contribution in [2.75, 3.05) is 19.0 Å². The number of carbonyl (C=O) groups excluding carboxylic acids is 1. The molecule has 23 heavy (non-hydrogen) atoms. The fourth-order valence-corrected chi connectivity index (χ4v) is 4.39. The van der Waals surface area contributed by atoms with Crippen LogP contribution in [0.1, 0.15) is 19.3 Å². The zero-order valence-electron chi connectivity index (χ0n) is 12.7. The highest BCUT2D eigenvalue weighted by molar-refractivity contribution is 8.02. The second-order valence-electron chi connectivity index (χ2n) is 5.09. The highest BCUT2D eigenvalue weighted by Gasteiger charge is 2.23. The Labute approximate surface area is 143 Å². The van der Waals surface area contributed by atoms with Crippen molar-refractivity contribution in [1.29, 1.82) is 0 Å². The summed E-state index contributed by atoms with van der Waals surface area (Å²) in [6.45, 7) is 0.770. The van der Waals surface area contributed by atoms with Gasteiger partial charge in [-0.3, -0.25) is 4.79 Å². The molecule has 0 bridgehead atoms. The van der Waals surface area contributed by atoms with Gasteiger partial charge < -0.3 is 15.4 Å². The van der Waals surface area contributed by atoms with E-state index in [-0.39, 0.29) is 11.2 Å². The number of rotatable bonds is 5. The molecular weight excluding hydrogens is 332 g/mol. The van der Waals surface area contributed by atoms with Crippen molar-refractivity contribution in [3.05, 3.63) is 24.3 Å². The number of hydrogen-bond donors (Lipinski definition) is 2. The van der Waals surface area contributed by atoms with Crippen LogP contribution < -0.4 is 15.4 Å². The summed E-state index contributed by atoms with van der Waals surface area (Å²) in [7, 11) is 1.63. The molecule has 3 rings (SSSR count). The molecule has 1 fully saturated rings. The maximum Gasteiger partial charge on any atom is 0.233 e. The molecule has 6 nitrogen and oxygen atoms in total. The number of anilines is 2. The van der Waals surface area contributed by atoms with E-state index in [1.807, 2.05) is 24.3 Å². The summed E-state index contributed by atoms with van der Waals surface area (Å²) < 4.78 is 6.11. The number of thioether (sulfide) groups is 1. The average Bonchev–Trinajstić information content (AvgIpc) is 2.90. The first-order valence-corrected chi connectivity index (χ1v) is 9.14. The van der Waals surface area contributed by atoms with Crippen LogP contribution in [0, 0.1) is 0 Å². The maximum atomic E-state index is 12.0. The molecule has 2 aromatic rings. The zero-order valence-corrected chi connectivity index (χ0v) is 14.4. The first-order valence-electron chi connectivity index (χ1n) is 7.44. The van der Waals surface area contributed by atoms with E-state index in [9.17, 15) is 4.79 Å². The van der Waals surface area contributed by atoms with Crippen molar-refractivity contribution < 1.29 is 9.53 Å². The number of carbonyl (C=O) groups is 1. The van der Waals surface area contributed by atoms with Crippen molar-refractivity contribution in [3.63, 3.8) is 0 Å². The molecule has 1 aromatic heterocycles. The summed E-state index contributed by atoms with van der Waals surface area (Å²) in [6, 6.07) is 7.65. The summed E-state index contributed by atoms with van der Waals surface area (Å²) >= 11 is 2.93. The lowest BCUT2D eigenvalue weighted by molar-refractivity contribution is -0.120. The Morgan fingerprint density at radius 2 is 2.22 bits per heavy atom. The van der Waals surface area contributed by atoms with Crippen molar-refractivity contribution in [1.82, 2.24) is 15.5 Å². The Morgan fingerprint density at radius 1 is 1.35 bits per heavy atom. The molecule has 0 radical (unpaired) electrons. The molecule has 122 valence electrons. The monoisotopic (exact) mass is 350 g/mol. The van der Waals surface area contributed by atoms with Crippen LogP contribution in [0.25, 0.3) is 0 Å². The lowest BCUT2D eigenvalue weighted by Crippen LogP contribution is -2.30. The van der Waals surface area contributed by atoms with E-state index in [2.05, 4.69) is 20.8 Å². The van der Waals surface area contributed by atoms with Crippen molar-refractivity contribution >= 4 is 39.8 Å². The number of benzene rings is 1. The molecule has 1 atom stereocenters. The molecule has 2 heterocycles. The van der Waals surface area contributed by atoms with E-state index in [0.29, 0.717) is 5.13 Å². The largest absolute Gasteiger partial charge is 0.495 e. The summed E-state index contributed by atoms with van der Waals surface area (Å²) in [5.41, 5.74) is 0.843. The van der Waals surface area contributed by atoms with Crippen LogP contribution in [0.5, 0.6) is 5.75 Å². The third-order valence-electron chi connectivity index (χ3n) is 3.48. The third kappa shape index (κ3) is 4.14. The predicted molar refractivity (Wildman–Crippen MR) is 92.7 cm³/mol. The first-order chi connectivity index (χ1) is 11.3. The van der Waals surface area contributed by atoms with Crippen molar-refractivity contribution in [2.24, 2.45) is 0 Å². The number of nitrogens with one attached hydrogen (secondary N) is 2. The number of ether oxygens (including phenoxy) is 1. The highest BCUT2D eigenvalue weighted by Crippen LogP contribution is 2.34. The van der Waals surface area contributed by atoms with Gasteiger partial charge in [-0.15, -0.1) is 10.2 Å². The van der Waals surface area contributed by atoms with Crippen LogP contribution >= 0.6 is 23.1 Å². The van der Waals surface area contributed by atoms with Gasteiger partial charge in [-0.25, -0.2) is 0 Å². The summed E-state index contributed by atoms with van der Waals surface area (Å²) in [4.78, 5) is 12.0. The van der Waals surface area contributed by atoms with E-state index < -0.39 is 0 Å².